The molecule has 6 rings (SSSR count). The summed E-state index contributed by atoms with van der Waals surface area (Å²) in [6, 6.07) is 47.3. The van der Waals surface area contributed by atoms with Gasteiger partial charge < -0.3 is 5.32 Å². The zero-order valence-electron chi connectivity index (χ0n) is 18.2. The van der Waals surface area contributed by atoms with Crippen LogP contribution in [0, 0.1) is 0 Å². The lowest BCUT2D eigenvalue weighted by atomic mass is 9.96. The van der Waals surface area contributed by atoms with Crippen molar-refractivity contribution in [2.45, 2.75) is 0 Å². The fourth-order valence-electron chi connectivity index (χ4n) is 4.67. The lowest BCUT2D eigenvalue weighted by Gasteiger charge is -2.15. The van der Waals surface area contributed by atoms with Gasteiger partial charge in [0, 0.05) is 16.8 Å². The molecular weight excluding hydrogens is 398 g/mol. The second-order valence-corrected chi connectivity index (χ2v) is 8.30. The third-order valence-corrected chi connectivity index (χ3v) is 6.25. The van der Waals surface area contributed by atoms with E-state index in [0.717, 1.165) is 11.4 Å². The molecule has 1 nitrogen and oxygen atoms in total. The highest BCUT2D eigenvalue weighted by Gasteiger charge is 2.09. The average Bonchev–Trinajstić information content (AvgIpc) is 2.89. The minimum Gasteiger partial charge on any atom is -0.355 e. The number of anilines is 2. The Hall–Kier alpha value is -4.36. The number of rotatable bonds is 4. The molecule has 6 aromatic rings. The van der Waals surface area contributed by atoms with Gasteiger partial charge in [-0.15, -0.1) is 0 Å². The molecule has 0 atom stereocenters. The molecule has 0 heterocycles. The summed E-state index contributed by atoms with van der Waals surface area (Å²) in [5.74, 6) is 0. The van der Waals surface area contributed by atoms with Crippen molar-refractivity contribution in [1.82, 2.24) is 0 Å². The van der Waals surface area contributed by atoms with Crippen LogP contribution in [-0.4, -0.2) is 0 Å². The summed E-state index contributed by atoms with van der Waals surface area (Å²) in [6.07, 6.45) is 0. The average molecular weight is 422 g/mol. The zero-order valence-corrected chi connectivity index (χ0v) is 18.2. The van der Waals surface area contributed by atoms with Crippen molar-refractivity contribution in [3.05, 3.63) is 133 Å². The maximum atomic E-state index is 3.68. The maximum Gasteiger partial charge on any atom is 0.0464 e. The summed E-state index contributed by atoms with van der Waals surface area (Å²) in [4.78, 5) is 0. The van der Waals surface area contributed by atoms with Crippen molar-refractivity contribution >= 4 is 32.9 Å². The topological polar surface area (TPSA) is 12.0 Å². The third kappa shape index (κ3) is 3.64. The smallest absolute Gasteiger partial charge is 0.0464 e. The Morgan fingerprint density at radius 2 is 1.03 bits per heavy atom. The Morgan fingerprint density at radius 3 is 1.91 bits per heavy atom. The van der Waals surface area contributed by atoms with Gasteiger partial charge in [-0.3, -0.25) is 0 Å². The van der Waals surface area contributed by atoms with E-state index in [1.54, 1.807) is 0 Å². The number of fused-ring (bicyclic) bond motifs is 2. The van der Waals surface area contributed by atoms with Crippen LogP contribution in [-0.2, 0) is 0 Å². The number of benzene rings is 6. The lowest BCUT2D eigenvalue weighted by molar-refractivity contribution is 1.56. The van der Waals surface area contributed by atoms with Gasteiger partial charge in [-0.05, 0) is 56.6 Å². The van der Waals surface area contributed by atoms with Crippen LogP contribution in [0.15, 0.2) is 133 Å². The molecule has 0 unspecified atom stereocenters. The SMILES string of the molecule is c1ccc(-c2ccc(Nc3cccc(-c4cccc5ccccc45)c3)c3ccccc23)cc1. The molecule has 0 radical (unpaired) electrons. The predicted molar refractivity (Wildman–Crippen MR) is 142 cm³/mol. The molecule has 0 bridgehead atoms. The first-order valence-corrected chi connectivity index (χ1v) is 11.3. The lowest BCUT2D eigenvalue weighted by Crippen LogP contribution is -1.93. The van der Waals surface area contributed by atoms with Crippen LogP contribution in [0.2, 0.25) is 0 Å². The van der Waals surface area contributed by atoms with Crippen LogP contribution in [0.4, 0.5) is 11.4 Å². The summed E-state index contributed by atoms with van der Waals surface area (Å²) in [7, 11) is 0. The molecule has 6 aromatic carbocycles. The summed E-state index contributed by atoms with van der Waals surface area (Å²) in [6.45, 7) is 0. The van der Waals surface area contributed by atoms with E-state index in [4.69, 9.17) is 0 Å². The Balaban J connectivity index is 1.42. The van der Waals surface area contributed by atoms with Crippen molar-refractivity contribution in [3.8, 4) is 22.3 Å². The number of hydrogen-bond donors (Lipinski definition) is 1. The number of nitrogens with one attached hydrogen (secondary N) is 1. The van der Waals surface area contributed by atoms with E-state index in [2.05, 4.69) is 139 Å². The molecule has 0 amide bonds. The van der Waals surface area contributed by atoms with Crippen molar-refractivity contribution in [3.63, 3.8) is 0 Å². The molecular formula is C32H23N. The van der Waals surface area contributed by atoms with Gasteiger partial charge in [0.25, 0.3) is 0 Å². The highest BCUT2D eigenvalue weighted by molar-refractivity contribution is 6.04. The molecule has 0 fully saturated rings. The van der Waals surface area contributed by atoms with Crippen molar-refractivity contribution in [1.29, 1.82) is 0 Å². The Bertz CT molecular complexity index is 1580. The monoisotopic (exact) mass is 421 g/mol. The Labute approximate surface area is 194 Å². The predicted octanol–water partition coefficient (Wildman–Crippen LogP) is 9.07. The summed E-state index contributed by atoms with van der Waals surface area (Å²) >= 11 is 0. The van der Waals surface area contributed by atoms with Gasteiger partial charge >= 0.3 is 0 Å². The van der Waals surface area contributed by atoms with E-state index < -0.39 is 0 Å². The fraction of sp³-hybridized carbons (Fsp3) is 0. The highest BCUT2D eigenvalue weighted by atomic mass is 14.9. The van der Waals surface area contributed by atoms with E-state index in [1.165, 1.54) is 43.8 Å². The zero-order chi connectivity index (χ0) is 22.0. The highest BCUT2D eigenvalue weighted by Crippen LogP contribution is 2.36. The van der Waals surface area contributed by atoms with Crippen molar-refractivity contribution in [2.75, 3.05) is 5.32 Å². The van der Waals surface area contributed by atoms with Gasteiger partial charge in [0.05, 0.1) is 0 Å². The van der Waals surface area contributed by atoms with Gasteiger partial charge in [-0.2, -0.15) is 0 Å². The molecule has 0 saturated carbocycles. The molecule has 33 heavy (non-hydrogen) atoms. The first kappa shape index (κ1) is 19.3. The second-order valence-electron chi connectivity index (χ2n) is 8.30. The molecule has 1 N–H and O–H groups in total. The normalized spacial score (nSPS) is 11.0. The number of hydrogen-bond acceptors (Lipinski definition) is 1. The largest absolute Gasteiger partial charge is 0.355 e. The van der Waals surface area contributed by atoms with E-state index in [1.807, 2.05) is 0 Å². The van der Waals surface area contributed by atoms with Crippen molar-refractivity contribution in [2.24, 2.45) is 0 Å². The first-order valence-electron chi connectivity index (χ1n) is 11.3. The van der Waals surface area contributed by atoms with Gasteiger partial charge in [0.15, 0.2) is 0 Å². The summed E-state index contributed by atoms with van der Waals surface area (Å²) < 4.78 is 0. The maximum absolute atomic E-state index is 3.68. The van der Waals surface area contributed by atoms with Crippen LogP contribution in [0.3, 0.4) is 0 Å². The Morgan fingerprint density at radius 1 is 0.394 bits per heavy atom. The molecule has 156 valence electrons. The van der Waals surface area contributed by atoms with E-state index >= 15 is 0 Å². The Kier molecular flexibility index (Phi) is 4.86. The van der Waals surface area contributed by atoms with Crippen LogP contribution in [0.5, 0.6) is 0 Å². The molecule has 0 aliphatic rings. The van der Waals surface area contributed by atoms with Gasteiger partial charge in [-0.25, -0.2) is 0 Å². The van der Waals surface area contributed by atoms with Crippen LogP contribution >= 0.6 is 0 Å². The summed E-state index contributed by atoms with van der Waals surface area (Å²) in [5.41, 5.74) is 7.14. The van der Waals surface area contributed by atoms with Crippen LogP contribution < -0.4 is 5.32 Å². The summed E-state index contributed by atoms with van der Waals surface area (Å²) in [5, 5.41) is 8.68. The third-order valence-electron chi connectivity index (χ3n) is 6.25. The minimum absolute atomic E-state index is 1.08. The van der Waals surface area contributed by atoms with Crippen LogP contribution in [0.25, 0.3) is 43.8 Å². The molecule has 0 aliphatic heterocycles. The first-order chi connectivity index (χ1) is 16.4. The van der Waals surface area contributed by atoms with Gasteiger partial charge in [0.1, 0.15) is 0 Å². The van der Waals surface area contributed by atoms with Crippen molar-refractivity contribution < 1.29 is 0 Å². The van der Waals surface area contributed by atoms with Crippen LogP contribution in [0.1, 0.15) is 0 Å². The van der Waals surface area contributed by atoms with Gasteiger partial charge in [0.2, 0.25) is 0 Å². The molecule has 0 saturated heterocycles. The van der Waals surface area contributed by atoms with Gasteiger partial charge in [-0.1, -0.05) is 115 Å². The fourth-order valence-corrected chi connectivity index (χ4v) is 4.67. The van der Waals surface area contributed by atoms with E-state index in [9.17, 15) is 0 Å². The molecule has 0 spiro atoms. The molecule has 1 heteroatoms. The second kappa shape index (κ2) is 8.29. The quantitative estimate of drug-likeness (QED) is 0.299. The molecule has 0 aromatic heterocycles. The molecule has 0 aliphatic carbocycles. The minimum atomic E-state index is 1.08. The standard InChI is InChI=1S/C32H23N/c1-2-10-23(11-3-1)29-20-21-32(31-18-7-6-17-30(29)31)33-26-15-8-14-25(22-26)28-19-9-13-24-12-4-5-16-27(24)28/h1-22,33H. The van der Waals surface area contributed by atoms with E-state index in [0.29, 0.717) is 0 Å². The van der Waals surface area contributed by atoms with E-state index in [-0.39, 0.29) is 0 Å².